The number of nitrogens with one attached hydrogen (secondary N) is 1. The molecular weight excluding hydrogens is 328 g/mol. The van der Waals surface area contributed by atoms with Gasteiger partial charge in [-0.15, -0.1) is 0 Å². The number of amides is 1. The van der Waals surface area contributed by atoms with Crippen molar-refractivity contribution < 1.29 is 13.2 Å². The molecule has 134 valence electrons. The third-order valence-corrected chi connectivity index (χ3v) is 6.15. The first-order valence-corrected chi connectivity index (χ1v) is 10.5. The monoisotopic (exact) mass is 354 g/mol. The fraction of sp³-hybridized carbons (Fsp3) is 0.750. The second-order valence-electron chi connectivity index (χ2n) is 7.02. The number of nitrogens with zero attached hydrogens (tertiary/aromatic N) is 3. The van der Waals surface area contributed by atoms with Crippen molar-refractivity contribution in [3.8, 4) is 0 Å². The van der Waals surface area contributed by atoms with E-state index < -0.39 is 9.84 Å². The Balaban J connectivity index is 1.59. The third kappa shape index (κ3) is 4.16. The average Bonchev–Trinajstić information content (AvgIpc) is 3.18. The van der Waals surface area contributed by atoms with Crippen molar-refractivity contribution >= 4 is 15.7 Å². The minimum Gasteiger partial charge on any atom is -0.341 e. The van der Waals surface area contributed by atoms with E-state index in [1.165, 1.54) is 25.3 Å². The zero-order valence-electron chi connectivity index (χ0n) is 14.2. The summed E-state index contributed by atoms with van der Waals surface area (Å²) in [5, 5.41) is 6.71. The molecule has 3 rings (SSSR count). The average molecular weight is 354 g/mol. The quantitative estimate of drug-likeness (QED) is 0.841. The van der Waals surface area contributed by atoms with Gasteiger partial charge in [-0.2, -0.15) is 5.10 Å². The van der Waals surface area contributed by atoms with Crippen LogP contribution in [0.3, 0.4) is 0 Å². The van der Waals surface area contributed by atoms with E-state index >= 15 is 0 Å². The van der Waals surface area contributed by atoms with Gasteiger partial charge in [-0.25, -0.2) is 8.42 Å². The summed E-state index contributed by atoms with van der Waals surface area (Å²) in [6.07, 6.45) is 7.55. The van der Waals surface area contributed by atoms with Gasteiger partial charge in [-0.1, -0.05) is 0 Å². The van der Waals surface area contributed by atoms with E-state index in [1.54, 1.807) is 0 Å². The molecule has 2 aliphatic rings. The Morgan fingerprint density at radius 2 is 2.04 bits per heavy atom. The molecule has 1 aromatic heterocycles. The van der Waals surface area contributed by atoms with Gasteiger partial charge in [-0.3, -0.25) is 14.8 Å². The van der Waals surface area contributed by atoms with Crippen molar-refractivity contribution in [1.29, 1.82) is 0 Å². The molecule has 24 heavy (non-hydrogen) atoms. The summed E-state index contributed by atoms with van der Waals surface area (Å²) in [7, 11) is -3.27. The van der Waals surface area contributed by atoms with E-state index in [2.05, 4.69) is 15.1 Å². The molecule has 0 aromatic carbocycles. The molecule has 1 amide bonds. The lowest BCUT2D eigenvalue weighted by molar-refractivity contribution is -0.134. The molecule has 3 heterocycles. The highest BCUT2D eigenvalue weighted by molar-refractivity contribution is 7.90. The molecule has 7 nitrogen and oxygen atoms in total. The van der Waals surface area contributed by atoms with Crippen LogP contribution < -0.4 is 0 Å². The molecule has 2 aliphatic heterocycles. The molecule has 1 atom stereocenters. The zero-order valence-corrected chi connectivity index (χ0v) is 15.0. The Labute approximate surface area is 143 Å². The van der Waals surface area contributed by atoms with Crippen LogP contribution in [0.1, 0.15) is 31.4 Å². The first-order chi connectivity index (χ1) is 11.4. The van der Waals surface area contributed by atoms with Crippen molar-refractivity contribution in [3.05, 3.63) is 11.9 Å². The summed E-state index contributed by atoms with van der Waals surface area (Å²) < 4.78 is 23.6. The van der Waals surface area contributed by atoms with Gasteiger partial charge in [0.1, 0.15) is 4.90 Å². The highest BCUT2D eigenvalue weighted by Crippen LogP contribution is 2.23. The fourth-order valence-corrected chi connectivity index (χ4v) is 4.57. The number of sulfone groups is 1. The molecule has 0 unspecified atom stereocenters. The van der Waals surface area contributed by atoms with Gasteiger partial charge in [0.05, 0.1) is 18.4 Å². The predicted octanol–water partition coefficient (Wildman–Crippen LogP) is 0.690. The Hall–Kier alpha value is -1.41. The maximum Gasteiger partial charge on any atom is 0.236 e. The normalized spacial score (nSPS) is 22.9. The van der Waals surface area contributed by atoms with Crippen LogP contribution in [-0.4, -0.2) is 73.3 Å². The molecule has 1 N–H and O–H groups in total. The molecular formula is C16H26N4O3S. The van der Waals surface area contributed by atoms with Crippen molar-refractivity contribution in [2.75, 3.05) is 39.0 Å². The topological polar surface area (TPSA) is 86.4 Å². The highest BCUT2D eigenvalue weighted by Gasteiger charge is 2.27. The molecule has 0 bridgehead atoms. The van der Waals surface area contributed by atoms with Crippen LogP contribution in [-0.2, 0) is 21.1 Å². The van der Waals surface area contributed by atoms with Crippen LogP contribution in [0.4, 0.5) is 0 Å². The summed E-state index contributed by atoms with van der Waals surface area (Å²) >= 11 is 0. The van der Waals surface area contributed by atoms with E-state index in [1.807, 2.05) is 4.90 Å². The first kappa shape index (κ1) is 17.4. The van der Waals surface area contributed by atoms with Crippen LogP contribution >= 0.6 is 0 Å². The van der Waals surface area contributed by atoms with E-state index in [0.29, 0.717) is 25.2 Å². The molecule has 8 heteroatoms. The molecule has 2 fully saturated rings. The summed E-state index contributed by atoms with van der Waals surface area (Å²) in [5.74, 6) is 0.483. The van der Waals surface area contributed by atoms with Gasteiger partial charge >= 0.3 is 0 Å². The predicted molar refractivity (Wildman–Crippen MR) is 90.4 cm³/mol. The molecule has 2 saturated heterocycles. The molecule has 0 spiro atoms. The maximum absolute atomic E-state index is 12.5. The lowest BCUT2D eigenvalue weighted by Crippen LogP contribution is -2.45. The van der Waals surface area contributed by atoms with E-state index in [0.717, 1.165) is 32.5 Å². The van der Waals surface area contributed by atoms with Gasteiger partial charge in [0.2, 0.25) is 5.91 Å². The Kier molecular flexibility index (Phi) is 5.24. The van der Waals surface area contributed by atoms with Crippen LogP contribution in [0.25, 0.3) is 0 Å². The first-order valence-electron chi connectivity index (χ1n) is 8.66. The number of likely N-dealkylation sites (tertiary alicyclic amines) is 2. The summed E-state index contributed by atoms with van der Waals surface area (Å²) in [6.45, 7) is 4.08. The number of aromatic nitrogens is 2. The van der Waals surface area contributed by atoms with E-state index in [-0.39, 0.29) is 16.7 Å². The van der Waals surface area contributed by atoms with Crippen LogP contribution in [0, 0.1) is 5.92 Å². The number of hydrogen-bond donors (Lipinski definition) is 1. The second-order valence-corrected chi connectivity index (χ2v) is 9.00. The summed E-state index contributed by atoms with van der Waals surface area (Å²) in [4.78, 5) is 16.9. The number of rotatable bonds is 5. The van der Waals surface area contributed by atoms with Crippen LogP contribution in [0.15, 0.2) is 11.1 Å². The van der Waals surface area contributed by atoms with Gasteiger partial charge in [0, 0.05) is 19.3 Å². The standard InChI is InChI=1S/C16H26N4O3S/c1-24(22,23)15-10-17-18-14(15)9-13-5-4-8-20(11-13)16(21)12-19-6-2-3-7-19/h10,13H,2-9,11-12H2,1H3,(H,17,18)/t13-/m0/s1. The summed E-state index contributed by atoms with van der Waals surface area (Å²) in [6, 6.07) is 0. The Morgan fingerprint density at radius 1 is 1.29 bits per heavy atom. The number of carbonyl (C=O) groups excluding carboxylic acids is 1. The molecule has 0 aliphatic carbocycles. The fourth-order valence-electron chi connectivity index (χ4n) is 3.75. The Bertz CT molecular complexity index is 679. The highest BCUT2D eigenvalue weighted by atomic mass is 32.2. The number of H-pyrrole nitrogens is 1. The second kappa shape index (κ2) is 7.23. The maximum atomic E-state index is 12.5. The van der Waals surface area contributed by atoms with Gasteiger partial charge in [-0.05, 0) is 51.1 Å². The van der Waals surface area contributed by atoms with E-state index in [4.69, 9.17) is 0 Å². The van der Waals surface area contributed by atoms with Crippen LogP contribution in [0.2, 0.25) is 0 Å². The smallest absolute Gasteiger partial charge is 0.236 e. The number of carbonyl (C=O) groups is 1. The SMILES string of the molecule is CS(=O)(=O)c1cn[nH]c1C[C@@H]1CCCN(C(=O)CN2CCCC2)C1. The number of hydrogen-bond acceptors (Lipinski definition) is 5. The lowest BCUT2D eigenvalue weighted by atomic mass is 9.93. The van der Waals surface area contributed by atoms with Gasteiger partial charge in [0.15, 0.2) is 9.84 Å². The number of piperidine rings is 1. The van der Waals surface area contributed by atoms with Crippen molar-refractivity contribution in [2.45, 2.75) is 37.0 Å². The summed E-state index contributed by atoms with van der Waals surface area (Å²) in [5.41, 5.74) is 0.663. The minimum absolute atomic E-state index is 0.203. The Morgan fingerprint density at radius 3 is 2.75 bits per heavy atom. The van der Waals surface area contributed by atoms with Crippen molar-refractivity contribution in [3.63, 3.8) is 0 Å². The van der Waals surface area contributed by atoms with Crippen molar-refractivity contribution in [1.82, 2.24) is 20.0 Å². The van der Waals surface area contributed by atoms with Gasteiger partial charge < -0.3 is 4.90 Å². The number of aromatic amines is 1. The third-order valence-electron chi connectivity index (χ3n) is 5.00. The molecule has 0 saturated carbocycles. The molecule has 0 radical (unpaired) electrons. The van der Waals surface area contributed by atoms with Crippen LogP contribution in [0.5, 0.6) is 0 Å². The largest absolute Gasteiger partial charge is 0.341 e. The zero-order chi connectivity index (χ0) is 17.2. The van der Waals surface area contributed by atoms with E-state index in [9.17, 15) is 13.2 Å². The minimum atomic E-state index is -3.27. The van der Waals surface area contributed by atoms with Crippen molar-refractivity contribution in [2.24, 2.45) is 5.92 Å². The lowest BCUT2D eigenvalue weighted by Gasteiger charge is -2.33. The van der Waals surface area contributed by atoms with Gasteiger partial charge in [0.25, 0.3) is 0 Å². The molecule has 1 aromatic rings.